The fourth-order valence-electron chi connectivity index (χ4n) is 2.73. The zero-order valence-corrected chi connectivity index (χ0v) is 7.42. The predicted molar refractivity (Wildman–Crippen MR) is 49.5 cm³/mol. The molecule has 2 saturated heterocycles. The van der Waals surface area contributed by atoms with E-state index in [-0.39, 0.29) is 5.54 Å². The van der Waals surface area contributed by atoms with Gasteiger partial charge in [0.15, 0.2) is 0 Å². The van der Waals surface area contributed by atoms with Crippen molar-refractivity contribution in [1.29, 1.82) is 0 Å². The van der Waals surface area contributed by atoms with E-state index in [1.54, 1.807) is 0 Å². The van der Waals surface area contributed by atoms with Crippen LogP contribution in [0.4, 0.5) is 0 Å². The Morgan fingerprint density at radius 3 is 3.08 bits per heavy atom. The molecule has 12 heavy (non-hydrogen) atoms. The molecule has 0 aromatic heterocycles. The minimum atomic E-state index is 0.289. The minimum Gasteiger partial charge on any atom is -0.329 e. The van der Waals surface area contributed by atoms with Crippen LogP contribution in [0.3, 0.4) is 0 Å². The second-order valence-electron chi connectivity index (χ2n) is 4.05. The van der Waals surface area contributed by atoms with Gasteiger partial charge in [0.1, 0.15) is 0 Å². The Morgan fingerprint density at radius 2 is 2.50 bits per heavy atom. The quantitative estimate of drug-likeness (QED) is 0.570. The van der Waals surface area contributed by atoms with Crippen molar-refractivity contribution in [3.05, 3.63) is 0 Å². The average molecular weight is 164 g/mol. The Morgan fingerprint density at radius 1 is 1.67 bits per heavy atom. The summed E-state index contributed by atoms with van der Waals surface area (Å²) in [5.74, 6) is 3.31. The number of hydrogen-bond acceptors (Lipinski definition) is 2. The lowest BCUT2D eigenvalue weighted by molar-refractivity contribution is 0.204. The number of rotatable bonds is 1. The number of nitrogens with two attached hydrogens (primary N) is 1. The monoisotopic (exact) mass is 164 g/mol. The summed E-state index contributed by atoms with van der Waals surface area (Å²) in [7, 11) is 0. The van der Waals surface area contributed by atoms with Gasteiger partial charge in [-0.25, -0.2) is 0 Å². The third kappa shape index (κ3) is 0.972. The largest absolute Gasteiger partial charge is 0.329 e. The van der Waals surface area contributed by atoms with Crippen molar-refractivity contribution in [2.75, 3.05) is 19.6 Å². The van der Waals surface area contributed by atoms with Crippen molar-refractivity contribution in [2.24, 2.45) is 11.7 Å². The first-order valence-electron chi connectivity index (χ1n) is 4.72. The second kappa shape index (κ2) is 2.76. The highest BCUT2D eigenvalue weighted by Crippen LogP contribution is 2.40. The lowest BCUT2D eigenvalue weighted by Crippen LogP contribution is -2.44. The lowest BCUT2D eigenvalue weighted by atomic mass is 9.90. The highest BCUT2D eigenvalue weighted by molar-refractivity contribution is 5.10. The molecular formula is C10H16N2. The molecule has 0 bridgehead atoms. The molecule has 0 spiro atoms. The van der Waals surface area contributed by atoms with E-state index in [0.717, 1.165) is 19.5 Å². The maximum absolute atomic E-state index is 5.82. The first kappa shape index (κ1) is 8.10. The van der Waals surface area contributed by atoms with Gasteiger partial charge in [0, 0.05) is 24.5 Å². The van der Waals surface area contributed by atoms with E-state index in [9.17, 15) is 0 Å². The van der Waals surface area contributed by atoms with E-state index in [0.29, 0.717) is 5.92 Å². The Balaban J connectivity index is 2.15. The molecule has 2 fully saturated rings. The molecule has 2 rings (SSSR count). The smallest absolute Gasteiger partial charge is 0.0345 e. The van der Waals surface area contributed by atoms with Crippen molar-refractivity contribution in [1.82, 2.24) is 4.90 Å². The van der Waals surface area contributed by atoms with Crippen LogP contribution in [0.15, 0.2) is 0 Å². The van der Waals surface area contributed by atoms with Crippen LogP contribution in [0.1, 0.15) is 19.3 Å². The predicted octanol–water partition coefficient (Wildman–Crippen LogP) is 0.433. The number of hydrogen-bond donors (Lipinski definition) is 1. The molecule has 2 aliphatic rings. The number of terminal acetylenes is 1. The molecule has 2 aliphatic heterocycles. The van der Waals surface area contributed by atoms with Gasteiger partial charge >= 0.3 is 0 Å². The van der Waals surface area contributed by atoms with Gasteiger partial charge in [-0.3, -0.25) is 4.90 Å². The fourth-order valence-corrected chi connectivity index (χ4v) is 2.73. The third-order valence-corrected chi connectivity index (χ3v) is 3.42. The van der Waals surface area contributed by atoms with Gasteiger partial charge in [-0.1, -0.05) is 0 Å². The van der Waals surface area contributed by atoms with Crippen LogP contribution in [0, 0.1) is 18.3 Å². The minimum absolute atomic E-state index is 0.289. The van der Waals surface area contributed by atoms with Crippen LogP contribution in [0.5, 0.6) is 0 Å². The van der Waals surface area contributed by atoms with Crippen LogP contribution in [0.2, 0.25) is 0 Å². The van der Waals surface area contributed by atoms with Crippen molar-refractivity contribution in [2.45, 2.75) is 24.8 Å². The SMILES string of the molecule is C#C[C@@H]1CN2CCC[C@@]2(CN)C1. The first-order chi connectivity index (χ1) is 5.80. The van der Waals surface area contributed by atoms with E-state index in [2.05, 4.69) is 10.8 Å². The topological polar surface area (TPSA) is 29.3 Å². The second-order valence-corrected chi connectivity index (χ2v) is 4.05. The summed E-state index contributed by atoms with van der Waals surface area (Å²) in [5.41, 5.74) is 6.11. The molecule has 2 nitrogen and oxygen atoms in total. The maximum Gasteiger partial charge on any atom is 0.0345 e. The molecule has 0 aromatic rings. The summed E-state index contributed by atoms with van der Waals surface area (Å²) in [6.45, 7) is 3.06. The molecule has 2 atom stereocenters. The van der Waals surface area contributed by atoms with Gasteiger partial charge in [0.25, 0.3) is 0 Å². The van der Waals surface area contributed by atoms with Gasteiger partial charge in [-0.05, 0) is 25.8 Å². The molecular weight excluding hydrogens is 148 g/mol. The average Bonchev–Trinajstić information content (AvgIpc) is 2.58. The molecule has 2 heterocycles. The van der Waals surface area contributed by atoms with Gasteiger partial charge in [-0.2, -0.15) is 0 Å². The lowest BCUT2D eigenvalue weighted by Gasteiger charge is -2.29. The first-order valence-corrected chi connectivity index (χ1v) is 4.72. The van der Waals surface area contributed by atoms with E-state index < -0.39 is 0 Å². The van der Waals surface area contributed by atoms with Crippen molar-refractivity contribution >= 4 is 0 Å². The molecule has 2 N–H and O–H groups in total. The van der Waals surface area contributed by atoms with E-state index in [1.807, 2.05) is 0 Å². The molecule has 0 aromatic carbocycles. The third-order valence-electron chi connectivity index (χ3n) is 3.42. The van der Waals surface area contributed by atoms with E-state index in [1.165, 1.54) is 19.4 Å². The normalized spacial score (nSPS) is 41.2. The molecule has 0 saturated carbocycles. The van der Waals surface area contributed by atoms with Crippen molar-refractivity contribution in [3.63, 3.8) is 0 Å². The maximum atomic E-state index is 5.82. The van der Waals surface area contributed by atoms with Gasteiger partial charge < -0.3 is 5.73 Å². The zero-order valence-electron chi connectivity index (χ0n) is 7.42. The molecule has 0 unspecified atom stereocenters. The molecule has 0 radical (unpaired) electrons. The Kier molecular flexibility index (Phi) is 1.86. The van der Waals surface area contributed by atoms with Crippen LogP contribution in [-0.2, 0) is 0 Å². The van der Waals surface area contributed by atoms with Gasteiger partial charge in [0.05, 0.1) is 0 Å². The fraction of sp³-hybridized carbons (Fsp3) is 0.800. The van der Waals surface area contributed by atoms with Gasteiger partial charge in [0.2, 0.25) is 0 Å². The van der Waals surface area contributed by atoms with Gasteiger partial charge in [-0.15, -0.1) is 12.3 Å². The summed E-state index contributed by atoms with van der Waals surface area (Å²) in [6.07, 6.45) is 9.11. The highest BCUT2D eigenvalue weighted by Gasteiger charge is 2.46. The summed E-state index contributed by atoms with van der Waals surface area (Å²) in [5, 5.41) is 0. The summed E-state index contributed by atoms with van der Waals surface area (Å²) >= 11 is 0. The number of fused-ring (bicyclic) bond motifs is 1. The standard InChI is InChI=1S/C10H16N2/c1-2-9-6-10(8-11)4-3-5-12(10)7-9/h1,9H,3-8,11H2/t9-,10-/m0/s1. The van der Waals surface area contributed by atoms with Crippen molar-refractivity contribution < 1.29 is 0 Å². The number of nitrogens with zero attached hydrogens (tertiary/aromatic N) is 1. The highest BCUT2D eigenvalue weighted by atomic mass is 15.3. The molecule has 66 valence electrons. The summed E-state index contributed by atoms with van der Waals surface area (Å²) in [4.78, 5) is 2.50. The van der Waals surface area contributed by atoms with Crippen molar-refractivity contribution in [3.8, 4) is 12.3 Å². The van der Waals surface area contributed by atoms with Crippen LogP contribution in [0.25, 0.3) is 0 Å². The Labute approximate surface area is 74.1 Å². The Hall–Kier alpha value is -0.520. The molecule has 0 aliphatic carbocycles. The van der Waals surface area contributed by atoms with Crippen LogP contribution >= 0.6 is 0 Å². The van der Waals surface area contributed by atoms with Crippen LogP contribution in [-0.4, -0.2) is 30.1 Å². The summed E-state index contributed by atoms with van der Waals surface area (Å²) < 4.78 is 0. The van der Waals surface area contributed by atoms with E-state index >= 15 is 0 Å². The zero-order chi connectivity index (χ0) is 8.60. The molecule has 2 heteroatoms. The molecule has 0 amide bonds. The van der Waals surface area contributed by atoms with Crippen LogP contribution < -0.4 is 5.73 Å². The van der Waals surface area contributed by atoms with E-state index in [4.69, 9.17) is 12.2 Å². The summed E-state index contributed by atoms with van der Waals surface area (Å²) in [6, 6.07) is 0. The Bertz CT molecular complexity index is 218.